The highest BCUT2D eigenvalue weighted by Gasteiger charge is 2.49. The van der Waals surface area contributed by atoms with Crippen molar-refractivity contribution in [1.29, 1.82) is 0 Å². The lowest BCUT2D eigenvalue weighted by atomic mass is 9.94. The Labute approximate surface area is 281 Å². The van der Waals surface area contributed by atoms with Crippen LogP contribution in [-0.2, 0) is 27.4 Å². The van der Waals surface area contributed by atoms with Crippen molar-refractivity contribution >= 4 is 39.9 Å². The van der Waals surface area contributed by atoms with E-state index < -0.39 is 23.7 Å². The number of aliphatic hydroxyl groups is 1. The van der Waals surface area contributed by atoms with Crippen molar-refractivity contribution in [2.75, 3.05) is 18.1 Å². The van der Waals surface area contributed by atoms with Crippen LogP contribution < -0.4 is 19.1 Å². The van der Waals surface area contributed by atoms with Crippen LogP contribution in [0.1, 0.15) is 57.5 Å². The van der Waals surface area contributed by atoms with Gasteiger partial charge in [0.15, 0.2) is 16.6 Å². The van der Waals surface area contributed by atoms with E-state index >= 15 is 0 Å². The van der Waals surface area contributed by atoms with E-state index in [1.807, 2.05) is 44.2 Å². The second kappa shape index (κ2) is 13.7. The number of aliphatic hydroxyl groups excluding tert-OH is 1. The highest BCUT2D eigenvalue weighted by atomic mass is 32.1. The summed E-state index contributed by atoms with van der Waals surface area (Å²) in [5, 5.41) is 11.9. The Morgan fingerprint density at radius 1 is 1.10 bits per heavy atom. The quantitative estimate of drug-likeness (QED) is 0.0611. The smallest absolute Gasteiger partial charge is 0.350 e. The SMILES string of the molecule is C=CCOC(=O)c1sc(N2C(=O)C(=O)C(=C(O)c3ccc4c(c3)C[C@@H](C)O4)[C@H]2c2ccc(OCc3ccccc3)c(OCC)c2)nc1C. The number of nitrogens with zero attached hydrogens (tertiary/aromatic N) is 2. The maximum atomic E-state index is 13.9. The van der Waals surface area contributed by atoms with Crippen molar-refractivity contribution in [3.63, 3.8) is 0 Å². The molecule has 0 bridgehead atoms. The van der Waals surface area contributed by atoms with Crippen LogP contribution in [0, 0.1) is 6.92 Å². The van der Waals surface area contributed by atoms with Gasteiger partial charge in [-0.2, -0.15) is 0 Å². The molecule has 4 aromatic rings. The summed E-state index contributed by atoms with van der Waals surface area (Å²) < 4.78 is 23.1. The van der Waals surface area contributed by atoms with Gasteiger partial charge in [0, 0.05) is 12.0 Å². The molecule has 1 fully saturated rings. The van der Waals surface area contributed by atoms with Gasteiger partial charge in [0.2, 0.25) is 0 Å². The van der Waals surface area contributed by atoms with Gasteiger partial charge in [-0.1, -0.05) is 60.4 Å². The number of carbonyl (C=O) groups is 3. The first-order chi connectivity index (χ1) is 23.2. The summed E-state index contributed by atoms with van der Waals surface area (Å²) in [6.45, 7) is 9.59. The molecule has 1 N–H and O–H groups in total. The first kappa shape index (κ1) is 32.5. The number of ketones is 1. The highest BCUT2D eigenvalue weighted by Crippen LogP contribution is 2.46. The number of Topliss-reactive ketones (excluding diaryl/α,β-unsaturated/α-hetero) is 1. The molecule has 1 saturated heterocycles. The zero-order valence-corrected chi connectivity index (χ0v) is 27.5. The number of hydrogen-bond acceptors (Lipinski definition) is 10. The van der Waals surface area contributed by atoms with Gasteiger partial charge in [0.25, 0.3) is 5.78 Å². The third-order valence-corrected chi connectivity index (χ3v) is 9.08. The third-order valence-electron chi connectivity index (χ3n) is 7.94. The van der Waals surface area contributed by atoms with Crippen molar-refractivity contribution < 1.29 is 38.4 Å². The molecule has 0 unspecified atom stereocenters. The molecule has 1 aromatic heterocycles. The monoisotopic (exact) mass is 666 g/mol. The fourth-order valence-corrected chi connectivity index (χ4v) is 6.75. The normalized spacial score (nSPS) is 17.9. The number of rotatable bonds is 11. The number of carbonyl (C=O) groups excluding carboxylic acids is 3. The van der Waals surface area contributed by atoms with Crippen LogP contribution >= 0.6 is 11.3 Å². The van der Waals surface area contributed by atoms with E-state index in [0.717, 1.165) is 22.5 Å². The van der Waals surface area contributed by atoms with Crippen LogP contribution in [0.15, 0.2) is 85.0 Å². The van der Waals surface area contributed by atoms with Gasteiger partial charge in [0.1, 0.15) is 35.7 Å². The predicted molar refractivity (Wildman–Crippen MR) is 181 cm³/mol. The molecule has 48 heavy (non-hydrogen) atoms. The number of esters is 1. The minimum Gasteiger partial charge on any atom is -0.507 e. The van der Waals surface area contributed by atoms with E-state index in [9.17, 15) is 19.5 Å². The largest absolute Gasteiger partial charge is 0.507 e. The minimum atomic E-state index is -1.11. The number of thiazole rings is 1. The molecule has 11 heteroatoms. The van der Waals surface area contributed by atoms with Gasteiger partial charge in [-0.15, -0.1) is 0 Å². The lowest BCUT2D eigenvalue weighted by Gasteiger charge is -2.24. The topological polar surface area (TPSA) is 124 Å². The summed E-state index contributed by atoms with van der Waals surface area (Å²) in [7, 11) is 0. The van der Waals surface area contributed by atoms with Crippen LogP contribution in [0.25, 0.3) is 5.76 Å². The standard InChI is InChI=1S/C37H34N2O8S/c1-5-16-45-36(43)34-22(4)38-37(48-34)39-31(24-12-15-28(29(19-24)44-6-2)46-20-23-10-8-7-9-11-23)30(33(41)35(39)42)32(40)25-13-14-27-26(18-25)17-21(3)47-27/h5,7-15,18-19,21,31,40H,1,6,16-17,20H2,2-4H3/t21-,31-/m1/s1. The molecule has 3 heterocycles. The predicted octanol–water partition coefficient (Wildman–Crippen LogP) is 6.72. The zero-order valence-electron chi connectivity index (χ0n) is 26.7. The molecule has 3 aromatic carbocycles. The Kier molecular flexibility index (Phi) is 9.31. The number of anilines is 1. The van der Waals surface area contributed by atoms with Crippen molar-refractivity contribution in [3.8, 4) is 17.2 Å². The summed E-state index contributed by atoms with van der Waals surface area (Å²) in [6.07, 6.45) is 2.06. The van der Waals surface area contributed by atoms with Crippen LogP contribution in [0.3, 0.4) is 0 Å². The summed E-state index contributed by atoms with van der Waals surface area (Å²) in [4.78, 5) is 46.4. The molecule has 0 aliphatic carbocycles. The van der Waals surface area contributed by atoms with Crippen LogP contribution in [-0.4, -0.2) is 47.1 Å². The molecule has 2 aliphatic rings. The second-order valence-electron chi connectivity index (χ2n) is 11.3. The minimum absolute atomic E-state index is 0.000482. The average molecular weight is 667 g/mol. The van der Waals surface area contributed by atoms with Crippen molar-refractivity contribution in [1.82, 2.24) is 4.98 Å². The molecule has 246 valence electrons. The van der Waals surface area contributed by atoms with E-state index in [1.54, 1.807) is 43.3 Å². The van der Waals surface area contributed by atoms with Gasteiger partial charge in [0.05, 0.1) is 23.9 Å². The van der Waals surface area contributed by atoms with Gasteiger partial charge in [-0.25, -0.2) is 9.78 Å². The fraction of sp³-hybridized carbons (Fsp3) is 0.243. The van der Waals surface area contributed by atoms with Crippen LogP contribution in [0.5, 0.6) is 17.2 Å². The van der Waals surface area contributed by atoms with Gasteiger partial charge >= 0.3 is 11.9 Å². The molecule has 0 spiro atoms. The molecule has 6 rings (SSSR count). The maximum absolute atomic E-state index is 13.9. The highest BCUT2D eigenvalue weighted by molar-refractivity contribution is 7.17. The maximum Gasteiger partial charge on any atom is 0.350 e. The van der Waals surface area contributed by atoms with Gasteiger partial charge in [-0.3, -0.25) is 14.5 Å². The van der Waals surface area contributed by atoms with Gasteiger partial charge < -0.3 is 24.1 Å². The summed E-state index contributed by atoms with van der Waals surface area (Å²) >= 11 is 0.925. The number of benzene rings is 3. The van der Waals surface area contributed by atoms with Crippen LogP contribution in [0.2, 0.25) is 0 Å². The summed E-state index contributed by atoms with van der Waals surface area (Å²) in [6, 6.07) is 18.9. The Morgan fingerprint density at radius 2 is 1.90 bits per heavy atom. The molecule has 10 nitrogen and oxygen atoms in total. The molecular formula is C37H34N2O8S. The Balaban J connectivity index is 1.47. The number of aryl methyl sites for hydroxylation is 1. The molecule has 2 aliphatic heterocycles. The number of aromatic nitrogens is 1. The lowest BCUT2D eigenvalue weighted by molar-refractivity contribution is -0.132. The van der Waals surface area contributed by atoms with Crippen molar-refractivity contribution in [2.45, 2.75) is 45.9 Å². The van der Waals surface area contributed by atoms with Crippen molar-refractivity contribution in [2.24, 2.45) is 0 Å². The van der Waals surface area contributed by atoms with E-state index in [1.165, 1.54) is 11.0 Å². The summed E-state index contributed by atoms with van der Waals surface area (Å²) in [5.41, 5.74) is 2.88. The average Bonchev–Trinajstić information content (AvgIpc) is 3.74. The van der Waals surface area contributed by atoms with E-state index in [4.69, 9.17) is 18.9 Å². The molecule has 0 radical (unpaired) electrons. The Morgan fingerprint density at radius 3 is 2.65 bits per heavy atom. The Hall–Kier alpha value is -5.42. The van der Waals surface area contributed by atoms with E-state index in [0.29, 0.717) is 53.7 Å². The fourth-order valence-electron chi connectivity index (χ4n) is 5.76. The first-order valence-corrected chi connectivity index (χ1v) is 16.3. The summed E-state index contributed by atoms with van der Waals surface area (Å²) in [5.74, 6) is -1.20. The molecule has 1 amide bonds. The number of ether oxygens (including phenoxy) is 4. The molecule has 2 atom stereocenters. The second-order valence-corrected chi connectivity index (χ2v) is 12.3. The van der Waals surface area contributed by atoms with Gasteiger partial charge in [-0.05, 0) is 67.8 Å². The zero-order chi connectivity index (χ0) is 33.9. The first-order valence-electron chi connectivity index (χ1n) is 15.5. The lowest BCUT2D eigenvalue weighted by Crippen LogP contribution is -2.29. The van der Waals surface area contributed by atoms with Crippen molar-refractivity contribution in [3.05, 3.63) is 118 Å². The number of hydrogen-bond donors (Lipinski definition) is 1. The van der Waals surface area contributed by atoms with E-state index in [-0.39, 0.29) is 34.1 Å². The number of fused-ring (bicyclic) bond motifs is 1. The molecular weight excluding hydrogens is 632 g/mol. The molecule has 0 saturated carbocycles. The number of amides is 1. The van der Waals surface area contributed by atoms with Crippen LogP contribution in [0.4, 0.5) is 5.13 Å². The van der Waals surface area contributed by atoms with E-state index in [2.05, 4.69) is 11.6 Å². The third kappa shape index (κ3) is 6.28. The Bertz CT molecular complexity index is 1930.